The smallest absolute Gasteiger partial charge is 0.247 e. The van der Waals surface area contributed by atoms with Crippen LogP contribution in [0.3, 0.4) is 0 Å². The third-order valence-corrected chi connectivity index (χ3v) is 6.18. The lowest BCUT2D eigenvalue weighted by Gasteiger charge is -2.26. The topological polar surface area (TPSA) is 94.8 Å². The first-order chi connectivity index (χ1) is 14.5. The number of amides is 1. The zero-order valence-electron chi connectivity index (χ0n) is 17.2. The number of anilines is 4. The number of nitrogens with one attached hydrogen (secondary N) is 2. The molecule has 1 fully saturated rings. The van der Waals surface area contributed by atoms with Gasteiger partial charge in [0.25, 0.3) is 0 Å². The molecule has 1 aliphatic heterocycles. The third-order valence-electron chi connectivity index (χ3n) is 6.18. The fraction of sp³-hybridized carbons (Fsp3) is 0.409. The second-order valence-electron chi connectivity index (χ2n) is 8.31. The Hall–Kier alpha value is -3.13. The first-order valence-electron chi connectivity index (χ1n) is 10.5. The molecule has 1 aliphatic carbocycles. The standard InChI is InChI=1S/C22H26N6O2/c1-13-10-15(11-18-17(13)12-21(30)27(18)2)24-22-25-20-5-3-4-19(28(20)26-22)23-14-6-8-16(29)9-7-14/h3-5,10-11,14,16,23,29H,6-9,12H2,1-2H3,(H,24,26). The number of hydrogen-bond donors (Lipinski definition) is 3. The average Bonchev–Trinajstić information content (AvgIpc) is 3.26. The predicted molar refractivity (Wildman–Crippen MR) is 116 cm³/mol. The number of pyridine rings is 1. The van der Waals surface area contributed by atoms with Gasteiger partial charge >= 0.3 is 0 Å². The summed E-state index contributed by atoms with van der Waals surface area (Å²) in [5, 5.41) is 21.2. The summed E-state index contributed by atoms with van der Waals surface area (Å²) in [6, 6.07) is 10.2. The summed E-state index contributed by atoms with van der Waals surface area (Å²) in [5.41, 5.74) is 4.72. The van der Waals surface area contributed by atoms with E-state index in [9.17, 15) is 9.90 Å². The zero-order valence-corrected chi connectivity index (χ0v) is 17.2. The van der Waals surface area contributed by atoms with Gasteiger partial charge < -0.3 is 20.6 Å². The van der Waals surface area contributed by atoms with Crippen molar-refractivity contribution in [2.24, 2.45) is 0 Å². The molecule has 156 valence electrons. The van der Waals surface area contributed by atoms with Crippen molar-refractivity contribution in [1.29, 1.82) is 0 Å². The number of aliphatic hydroxyl groups is 1. The molecule has 0 spiro atoms. The molecule has 0 bridgehead atoms. The molecule has 3 heterocycles. The van der Waals surface area contributed by atoms with Crippen molar-refractivity contribution in [3.05, 3.63) is 41.5 Å². The van der Waals surface area contributed by atoms with E-state index in [1.807, 2.05) is 48.8 Å². The van der Waals surface area contributed by atoms with Crippen molar-refractivity contribution >= 4 is 34.7 Å². The highest BCUT2D eigenvalue weighted by atomic mass is 16.3. The average molecular weight is 406 g/mol. The summed E-state index contributed by atoms with van der Waals surface area (Å²) in [5.74, 6) is 1.52. The molecule has 0 saturated heterocycles. The molecule has 1 amide bonds. The number of hydrogen-bond acceptors (Lipinski definition) is 6. The van der Waals surface area contributed by atoms with Gasteiger partial charge in [0.1, 0.15) is 5.82 Å². The van der Waals surface area contributed by atoms with E-state index in [1.54, 1.807) is 4.90 Å². The predicted octanol–water partition coefficient (Wildman–Crippen LogP) is 3.02. The molecular weight excluding hydrogens is 380 g/mol. The lowest BCUT2D eigenvalue weighted by atomic mass is 9.93. The van der Waals surface area contributed by atoms with Crippen LogP contribution in [0.25, 0.3) is 5.65 Å². The number of nitrogens with zero attached hydrogens (tertiary/aromatic N) is 4. The Kier molecular flexibility index (Phi) is 4.58. The Morgan fingerprint density at radius 3 is 2.77 bits per heavy atom. The van der Waals surface area contributed by atoms with Crippen LogP contribution >= 0.6 is 0 Å². The molecule has 0 radical (unpaired) electrons. The lowest BCUT2D eigenvalue weighted by Crippen LogP contribution is -2.29. The van der Waals surface area contributed by atoms with E-state index in [0.29, 0.717) is 18.4 Å². The van der Waals surface area contributed by atoms with Crippen molar-refractivity contribution in [2.45, 2.75) is 51.2 Å². The first-order valence-corrected chi connectivity index (χ1v) is 10.5. The van der Waals surface area contributed by atoms with Crippen LogP contribution in [0.2, 0.25) is 0 Å². The van der Waals surface area contributed by atoms with Gasteiger partial charge in [-0.1, -0.05) is 6.07 Å². The van der Waals surface area contributed by atoms with Crippen LogP contribution in [0, 0.1) is 6.92 Å². The van der Waals surface area contributed by atoms with Gasteiger partial charge in [-0.3, -0.25) is 4.79 Å². The maximum atomic E-state index is 12.0. The lowest BCUT2D eigenvalue weighted by molar-refractivity contribution is -0.117. The van der Waals surface area contributed by atoms with Crippen molar-refractivity contribution in [3.8, 4) is 0 Å². The molecule has 5 rings (SSSR count). The SMILES string of the molecule is Cc1cc(Nc2nc3cccc(NC4CCC(O)CC4)n3n2)cc2c1CC(=O)N2C. The highest BCUT2D eigenvalue weighted by molar-refractivity contribution is 6.02. The van der Waals surface area contributed by atoms with E-state index in [2.05, 4.69) is 20.7 Å². The maximum absolute atomic E-state index is 12.0. The van der Waals surface area contributed by atoms with Gasteiger partial charge in [-0.05, 0) is 68.0 Å². The Morgan fingerprint density at radius 1 is 1.17 bits per heavy atom. The number of likely N-dealkylation sites (N-methyl/N-ethyl adjacent to an activating group) is 1. The van der Waals surface area contributed by atoms with Gasteiger partial charge in [0.15, 0.2) is 5.65 Å². The highest BCUT2D eigenvalue weighted by Gasteiger charge is 2.26. The van der Waals surface area contributed by atoms with Crippen LogP contribution in [0.4, 0.5) is 23.1 Å². The molecule has 0 unspecified atom stereocenters. The van der Waals surface area contributed by atoms with E-state index >= 15 is 0 Å². The van der Waals surface area contributed by atoms with E-state index < -0.39 is 0 Å². The molecule has 3 N–H and O–H groups in total. The van der Waals surface area contributed by atoms with Crippen molar-refractivity contribution in [2.75, 3.05) is 22.6 Å². The van der Waals surface area contributed by atoms with Gasteiger partial charge in [-0.25, -0.2) is 0 Å². The van der Waals surface area contributed by atoms with Gasteiger partial charge in [0.05, 0.1) is 12.5 Å². The Labute approximate surface area is 174 Å². The van der Waals surface area contributed by atoms with E-state index in [-0.39, 0.29) is 12.0 Å². The van der Waals surface area contributed by atoms with Crippen molar-refractivity contribution in [1.82, 2.24) is 14.6 Å². The van der Waals surface area contributed by atoms with Gasteiger partial charge in [0.2, 0.25) is 11.9 Å². The van der Waals surface area contributed by atoms with Crippen LogP contribution in [0.15, 0.2) is 30.3 Å². The number of carbonyl (C=O) groups excluding carboxylic acids is 1. The molecule has 0 atom stereocenters. The highest BCUT2D eigenvalue weighted by Crippen LogP contribution is 2.34. The van der Waals surface area contributed by atoms with E-state index in [1.165, 1.54) is 0 Å². The van der Waals surface area contributed by atoms with Crippen LogP contribution in [0.1, 0.15) is 36.8 Å². The monoisotopic (exact) mass is 406 g/mol. The van der Waals surface area contributed by atoms with E-state index in [4.69, 9.17) is 0 Å². The van der Waals surface area contributed by atoms with Gasteiger partial charge in [0, 0.05) is 24.5 Å². The largest absolute Gasteiger partial charge is 0.393 e. The molecule has 3 aromatic rings. The Bertz CT molecular complexity index is 1120. The maximum Gasteiger partial charge on any atom is 0.247 e. The number of benzene rings is 1. The summed E-state index contributed by atoms with van der Waals surface area (Å²) in [7, 11) is 1.81. The number of fused-ring (bicyclic) bond motifs is 2. The summed E-state index contributed by atoms with van der Waals surface area (Å²) >= 11 is 0. The zero-order chi connectivity index (χ0) is 20.8. The minimum absolute atomic E-state index is 0.113. The molecule has 8 heteroatoms. The normalized spacial score (nSPS) is 21.2. The van der Waals surface area contributed by atoms with Gasteiger partial charge in [-0.15, -0.1) is 5.10 Å². The fourth-order valence-electron chi connectivity index (χ4n) is 4.43. The Morgan fingerprint density at radius 2 is 1.97 bits per heavy atom. The molecule has 1 aromatic carbocycles. The van der Waals surface area contributed by atoms with Crippen LogP contribution < -0.4 is 15.5 Å². The molecule has 30 heavy (non-hydrogen) atoms. The van der Waals surface area contributed by atoms with Crippen LogP contribution in [-0.2, 0) is 11.2 Å². The summed E-state index contributed by atoms with van der Waals surface area (Å²) in [6.45, 7) is 2.02. The van der Waals surface area contributed by atoms with E-state index in [0.717, 1.165) is 59.7 Å². The first kappa shape index (κ1) is 18.9. The number of aryl methyl sites for hydroxylation is 1. The minimum atomic E-state index is -0.175. The minimum Gasteiger partial charge on any atom is -0.393 e. The van der Waals surface area contributed by atoms with Crippen LogP contribution in [0.5, 0.6) is 0 Å². The summed E-state index contributed by atoms with van der Waals surface area (Å²) in [4.78, 5) is 18.4. The fourth-order valence-corrected chi connectivity index (χ4v) is 4.43. The second kappa shape index (κ2) is 7.28. The number of aromatic nitrogens is 3. The quantitative estimate of drug-likeness (QED) is 0.617. The van der Waals surface area contributed by atoms with Crippen molar-refractivity contribution < 1.29 is 9.90 Å². The molecular formula is C22H26N6O2. The molecule has 2 aliphatic rings. The molecule has 1 saturated carbocycles. The molecule has 8 nitrogen and oxygen atoms in total. The summed E-state index contributed by atoms with van der Waals surface area (Å²) < 4.78 is 1.81. The third kappa shape index (κ3) is 3.37. The summed E-state index contributed by atoms with van der Waals surface area (Å²) in [6.07, 6.45) is 3.82. The number of rotatable bonds is 4. The number of carbonyl (C=O) groups is 1. The second-order valence-corrected chi connectivity index (χ2v) is 8.31. The van der Waals surface area contributed by atoms with Gasteiger partial charge in [-0.2, -0.15) is 9.50 Å². The molecule has 2 aromatic heterocycles. The van der Waals surface area contributed by atoms with Crippen LogP contribution in [-0.4, -0.2) is 44.8 Å². The van der Waals surface area contributed by atoms with Crippen molar-refractivity contribution in [3.63, 3.8) is 0 Å². The number of aliphatic hydroxyl groups excluding tert-OH is 1. The Balaban J connectivity index is 1.40.